The minimum atomic E-state index is -0.517. The molecule has 23 heavy (non-hydrogen) atoms. The molecule has 2 aromatic rings. The smallest absolute Gasteiger partial charge is 0.323 e. The number of hydrogen-bond donors (Lipinski definition) is 2. The molecule has 4 nitrogen and oxygen atoms in total. The van der Waals surface area contributed by atoms with Crippen molar-refractivity contribution >= 4 is 17.4 Å². The van der Waals surface area contributed by atoms with Crippen molar-refractivity contribution in [1.29, 1.82) is 0 Å². The van der Waals surface area contributed by atoms with Crippen LogP contribution < -0.4 is 15.4 Å². The summed E-state index contributed by atoms with van der Waals surface area (Å²) in [7, 11) is 0. The molecule has 0 aliphatic carbocycles. The second kappa shape index (κ2) is 7.98. The molecule has 2 amide bonds. The van der Waals surface area contributed by atoms with E-state index in [0.29, 0.717) is 18.0 Å². The van der Waals surface area contributed by atoms with Crippen LogP contribution in [0.3, 0.4) is 0 Å². The normalized spacial score (nSPS) is 9.87. The Morgan fingerprint density at radius 3 is 2.65 bits per heavy atom. The highest BCUT2D eigenvalue weighted by molar-refractivity contribution is 5.99. The maximum Gasteiger partial charge on any atom is 0.323 e. The van der Waals surface area contributed by atoms with Gasteiger partial charge in [0.1, 0.15) is 18.2 Å². The largest absolute Gasteiger partial charge is 0.489 e. The predicted molar refractivity (Wildman–Crippen MR) is 90.4 cm³/mol. The quantitative estimate of drug-likeness (QED) is 0.778. The molecule has 0 radical (unpaired) electrons. The molecule has 0 fully saturated rings. The fraction of sp³-hybridized carbons (Fsp3) is 0.167. The van der Waals surface area contributed by atoms with Gasteiger partial charge in [0.15, 0.2) is 0 Å². The number of carbonyl (C=O) groups is 1. The molecule has 0 aliphatic heterocycles. The van der Waals surface area contributed by atoms with Crippen molar-refractivity contribution in [3.8, 4) is 5.75 Å². The van der Waals surface area contributed by atoms with Gasteiger partial charge in [0.25, 0.3) is 0 Å². The van der Waals surface area contributed by atoms with Crippen LogP contribution in [0.15, 0.2) is 60.2 Å². The van der Waals surface area contributed by atoms with E-state index >= 15 is 0 Å². The highest BCUT2D eigenvalue weighted by Crippen LogP contribution is 2.18. The molecular weight excluding hydrogens is 295 g/mol. The number of hydrogen-bond acceptors (Lipinski definition) is 2. The lowest BCUT2D eigenvalue weighted by molar-refractivity contribution is 0.262. The van der Waals surface area contributed by atoms with Crippen LogP contribution in [-0.2, 0) is 0 Å². The molecule has 0 atom stereocenters. The number of rotatable bonds is 5. The molecule has 0 bridgehead atoms. The van der Waals surface area contributed by atoms with E-state index in [2.05, 4.69) is 10.6 Å². The average molecular weight is 314 g/mol. The number of allylic oxidation sites excluding steroid dienone is 1. The molecule has 2 aromatic carbocycles. The van der Waals surface area contributed by atoms with Crippen molar-refractivity contribution in [3.05, 3.63) is 66.0 Å². The lowest BCUT2D eigenvalue weighted by atomic mass is 10.3. The van der Waals surface area contributed by atoms with Crippen molar-refractivity contribution < 1.29 is 13.9 Å². The van der Waals surface area contributed by atoms with Gasteiger partial charge in [-0.1, -0.05) is 23.8 Å². The number of halogens is 1. The third-order valence-corrected chi connectivity index (χ3v) is 2.96. The molecule has 0 aliphatic rings. The number of urea groups is 1. The lowest BCUT2D eigenvalue weighted by Gasteiger charge is -2.10. The third kappa shape index (κ3) is 5.47. The predicted octanol–water partition coefficient (Wildman–Crippen LogP) is 4.81. The van der Waals surface area contributed by atoms with E-state index in [1.54, 1.807) is 36.4 Å². The molecule has 0 spiro atoms. The summed E-state index contributed by atoms with van der Waals surface area (Å²) < 4.78 is 19.1. The third-order valence-electron chi connectivity index (χ3n) is 2.96. The Bertz CT molecular complexity index is 710. The first-order chi connectivity index (χ1) is 11.0. The second-order valence-corrected chi connectivity index (χ2v) is 5.18. The van der Waals surface area contributed by atoms with Gasteiger partial charge in [-0.2, -0.15) is 0 Å². The standard InChI is InChI=1S/C18H19FN2O2/c1-13(2)10-11-23-15-7-5-6-14(12-15)20-18(22)21-17-9-4-3-8-16(17)19/h3-10,12H,11H2,1-2H3,(H2,20,21,22). The Labute approximate surface area is 135 Å². The van der Waals surface area contributed by atoms with Gasteiger partial charge >= 0.3 is 6.03 Å². The summed E-state index contributed by atoms with van der Waals surface area (Å²) in [5.41, 5.74) is 1.86. The van der Waals surface area contributed by atoms with Crippen LogP contribution in [0.4, 0.5) is 20.6 Å². The molecule has 0 aromatic heterocycles. The first-order valence-corrected chi connectivity index (χ1v) is 7.23. The summed E-state index contributed by atoms with van der Waals surface area (Å²) in [6, 6.07) is 12.5. The van der Waals surface area contributed by atoms with Crippen LogP contribution in [0.2, 0.25) is 0 Å². The van der Waals surface area contributed by atoms with E-state index in [4.69, 9.17) is 4.74 Å². The van der Waals surface area contributed by atoms with Crippen LogP contribution >= 0.6 is 0 Å². The van der Waals surface area contributed by atoms with Gasteiger partial charge in [0, 0.05) is 11.8 Å². The van der Waals surface area contributed by atoms with Gasteiger partial charge in [0.05, 0.1) is 5.69 Å². The number of nitrogens with one attached hydrogen (secondary N) is 2. The number of benzene rings is 2. The summed E-state index contributed by atoms with van der Waals surface area (Å²) in [6.45, 7) is 4.45. The number of para-hydroxylation sites is 1. The molecule has 2 N–H and O–H groups in total. The molecule has 0 heterocycles. The van der Waals surface area contributed by atoms with E-state index in [-0.39, 0.29) is 5.69 Å². The highest BCUT2D eigenvalue weighted by atomic mass is 19.1. The molecular formula is C18H19FN2O2. The van der Waals surface area contributed by atoms with E-state index in [1.807, 2.05) is 19.9 Å². The van der Waals surface area contributed by atoms with E-state index < -0.39 is 11.8 Å². The number of carbonyl (C=O) groups excluding carboxylic acids is 1. The van der Waals surface area contributed by atoms with Crippen LogP contribution in [0, 0.1) is 5.82 Å². The van der Waals surface area contributed by atoms with Gasteiger partial charge < -0.3 is 15.4 Å². The number of ether oxygens (including phenoxy) is 1. The Hall–Kier alpha value is -2.82. The van der Waals surface area contributed by atoms with Gasteiger partial charge in [-0.05, 0) is 44.2 Å². The lowest BCUT2D eigenvalue weighted by Crippen LogP contribution is -2.20. The first kappa shape index (κ1) is 16.5. The van der Waals surface area contributed by atoms with E-state index in [9.17, 15) is 9.18 Å². The number of anilines is 2. The Morgan fingerprint density at radius 1 is 1.13 bits per heavy atom. The Balaban J connectivity index is 1.96. The summed E-state index contributed by atoms with van der Waals surface area (Å²) in [4.78, 5) is 11.9. The van der Waals surface area contributed by atoms with E-state index in [0.717, 1.165) is 0 Å². The van der Waals surface area contributed by atoms with Crippen molar-refractivity contribution in [1.82, 2.24) is 0 Å². The fourth-order valence-corrected chi connectivity index (χ4v) is 1.82. The maximum absolute atomic E-state index is 13.5. The zero-order chi connectivity index (χ0) is 16.7. The monoisotopic (exact) mass is 314 g/mol. The van der Waals surface area contributed by atoms with Crippen LogP contribution in [0.1, 0.15) is 13.8 Å². The van der Waals surface area contributed by atoms with Crippen LogP contribution in [-0.4, -0.2) is 12.6 Å². The fourth-order valence-electron chi connectivity index (χ4n) is 1.82. The van der Waals surface area contributed by atoms with Gasteiger partial charge in [0.2, 0.25) is 0 Å². The highest BCUT2D eigenvalue weighted by Gasteiger charge is 2.06. The van der Waals surface area contributed by atoms with Gasteiger partial charge in [-0.3, -0.25) is 0 Å². The topological polar surface area (TPSA) is 50.4 Å². The summed E-state index contributed by atoms with van der Waals surface area (Å²) >= 11 is 0. The zero-order valence-corrected chi connectivity index (χ0v) is 13.1. The Kier molecular flexibility index (Phi) is 5.74. The molecule has 120 valence electrons. The molecule has 0 saturated carbocycles. The SMILES string of the molecule is CC(C)=CCOc1cccc(NC(=O)Nc2ccccc2F)c1. The first-order valence-electron chi connectivity index (χ1n) is 7.23. The average Bonchev–Trinajstić information content (AvgIpc) is 2.49. The van der Waals surface area contributed by atoms with Gasteiger partial charge in [-0.15, -0.1) is 0 Å². The molecule has 5 heteroatoms. The van der Waals surface area contributed by atoms with Crippen molar-refractivity contribution in [2.75, 3.05) is 17.2 Å². The Morgan fingerprint density at radius 2 is 1.91 bits per heavy atom. The van der Waals surface area contributed by atoms with Crippen molar-refractivity contribution in [2.24, 2.45) is 0 Å². The van der Waals surface area contributed by atoms with Gasteiger partial charge in [-0.25, -0.2) is 9.18 Å². The number of amides is 2. The summed E-state index contributed by atoms with van der Waals surface area (Å²) in [6.07, 6.45) is 1.96. The van der Waals surface area contributed by atoms with Crippen LogP contribution in [0.25, 0.3) is 0 Å². The summed E-state index contributed by atoms with van der Waals surface area (Å²) in [5, 5.41) is 5.11. The van der Waals surface area contributed by atoms with Crippen molar-refractivity contribution in [2.45, 2.75) is 13.8 Å². The van der Waals surface area contributed by atoms with Crippen molar-refractivity contribution in [3.63, 3.8) is 0 Å². The minimum Gasteiger partial charge on any atom is -0.489 e. The van der Waals surface area contributed by atoms with Crippen LogP contribution in [0.5, 0.6) is 5.75 Å². The van der Waals surface area contributed by atoms with E-state index in [1.165, 1.54) is 17.7 Å². The summed E-state index contributed by atoms with van der Waals surface area (Å²) in [5.74, 6) is 0.160. The molecule has 2 rings (SSSR count). The molecule has 0 unspecified atom stereocenters. The minimum absolute atomic E-state index is 0.126. The molecule has 0 saturated heterocycles. The zero-order valence-electron chi connectivity index (χ0n) is 13.1. The maximum atomic E-state index is 13.5. The second-order valence-electron chi connectivity index (χ2n) is 5.18.